The van der Waals surface area contributed by atoms with Crippen LogP contribution >= 0.6 is 15.9 Å². The largest absolute Gasteiger partial charge is 0.490 e. The highest BCUT2D eigenvalue weighted by Crippen LogP contribution is 2.48. The first kappa shape index (κ1) is 32.9. The van der Waals surface area contributed by atoms with E-state index in [1.54, 1.807) is 12.1 Å². The minimum atomic E-state index is -3.64. The lowest BCUT2D eigenvalue weighted by atomic mass is 9.70. The molecular formula is C32H38BrN3O6S. The zero-order valence-corrected chi connectivity index (χ0v) is 27.4. The Morgan fingerprint density at radius 2 is 1.88 bits per heavy atom. The van der Waals surface area contributed by atoms with Crippen molar-refractivity contribution in [3.05, 3.63) is 63.3 Å². The van der Waals surface area contributed by atoms with E-state index in [0.29, 0.717) is 40.3 Å². The second-order valence-corrected chi connectivity index (χ2v) is 13.4. The third kappa shape index (κ3) is 7.55. The SMILES string of the molecule is CCCC1CC(=O)C2=C(C1)N=C(C)C(C#N)C2c1cc(Br)c(OCc2ccc(S(=O)(=O)NCCOC)cc2)c(OCC)c1. The van der Waals surface area contributed by atoms with Crippen LogP contribution in [0.25, 0.3) is 0 Å². The van der Waals surface area contributed by atoms with Crippen LogP contribution < -0.4 is 14.2 Å². The zero-order chi connectivity index (χ0) is 31.1. The van der Waals surface area contributed by atoms with Crippen LogP contribution in [0.2, 0.25) is 0 Å². The summed E-state index contributed by atoms with van der Waals surface area (Å²) in [6.45, 7) is 6.87. The molecule has 230 valence electrons. The lowest BCUT2D eigenvalue weighted by Crippen LogP contribution is -2.32. The van der Waals surface area contributed by atoms with Crippen molar-refractivity contribution in [1.29, 1.82) is 5.26 Å². The number of ketones is 1. The van der Waals surface area contributed by atoms with Crippen molar-refractivity contribution in [2.24, 2.45) is 16.8 Å². The summed E-state index contributed by atoms with van der Waals surface area (Å²) >= 11 is 3.65. The summed E-state index contributed by atoms with van der Waals surface area (Å²) in [4.78, 5) is 18.4. The molecule has 0 amide bonds. The van der Waals surface area contributed by atoms with Gasteiger partial charge in [0.1, 0.15) is 6.61 Å². The summed E-state index contributed by atoms with van der Waals surface area (Å²) in [6.07, 6.45) is 3.19. The molecule has 2 aliphatic rings. The lowest BCUT2D eigenvalue weighted by molar-refractivity contribution is -0.117. The number of hydrogen-bond acceptors (Lipinski definition) is 8. The zero-order valence-electron chi connectivity index (χ0n) is 25.0. The van der Waals surface area contributed by atoms with Gasteiger partial charge in [0.15, 0.2) is 17.3 Å². The second kappa shape index (κ2) is 14.6. The maximum absolute atomic E-state index is 13.5. The van der Waals surface area contributed by atoms with Crippen molar-refractivity contribution in [3.63, 3.8) is 0 Å². The number of rotatable bonds is 13. The summed E-state index contributed by atoms with van der Waals surface area (Å²) in [7, 11) is -2.13. The van der Waals surface area contributed by atoms with Crippen LogP contribution in [-0.2, 0) is 26.2 Å². The number of Topliss-reactive ketones (excluding diaryl/α,β-unsaturated/α-hetero) is 1. The van der Waals surface area contributed by atoms with Gasteiger partial charge in [0.2, 0.25) is 10.0 Å². The number of hydrogen-bond donors (Lipinski definition) is 1. The van der Waals surface area contributed by atoms with Crippen LogP contribution in [0.1, 0.15) is 63.5 Å². The molecule has 3 unspecified atom stereocenters. The Morgan fingerprint density at radius 3 is 2.53 bits per heavy atom. The molecular weight excluding hydrogens is 634 g/mol. The van der Waals surface area contributed by atoms with Crippen LogP contribution in [-0.4, -0.2) is 46.8 Å². The maximum Gasteiger partial charge on any atom is 0.240 e. The molecule has 0 saturated carbocycles. The summed E-state index contributed by atoms with van der Waals surface area (Å²) in [6, 6.07) is 12.6. The van der Waals surface area contributed by atoms with Gasteiger partial charge in [0.05, 0.1) is 34.6 Å². The molecule has 0 radical (unpaired) electrons. The first-order chi connectivity index (χ1) is 20.6. The number of carbonyl (C=O) groups is 1. The Morgan fingerprint density at radius 1 is 1.14 bits per heavy atom. The number of carbonyl (C=O) groups excluding carboxylic acids is 1. The van der Waals surface area contributed by atoms with E-state index < -0.39 is 21.9 Å². The number of halogens is 1. The Labute approximate surface area is 262 Å². The van der Waals surface area contributed by atoms with Gasteiger partial charge in [-0.15, -0.1) is 0 Å². The van der Waals surface area contributed by atoms with Gasteiger partial charge in [-0.05, 0) is 83.9 Å². The Balaban J connectivity index is 1.61. The Bertz CT molecular complexity index is 1550. The molecule has 0 spiro atoms. The van der Waals surface area contributed by atoms with Gasteiger partial charge < -0.3 is 14.2 Å². The van der Waals surface area contributed by atoms with E-state index in [1.165, 1.54) is 19.2 Å². The molecule has 2 aromatic carbocycles. The van der Waals surface area contributed by atoms with E-state index in [1.807, 2.05) is 26.0 Å². The lowest BCUT2D eigenvalue weighted by Gasteiger charge is -2.35. The van der Waals surface area contributed by atoms with Gasteiger partial charge in [-0.25, -0.2) is 13.1 Å². The first-order valence-electron chi connectivity index (χ1n) is 14.5. The second-order valence-electron chi connectivity index (χ2n) is 10.8. The molecule has 1 aliphatic heterocycles. The fraction of sp³-hybridized carbons (Fsp3) is 0.469. The van der Waals surface area contributed by atoms with E-state index in [9.17, 15) is 18.5 Å². The van der Waals surface area contributed by atoms with Crippen LogP contribution in [0, 0.1) is 23.2 Å². The normalized spacial score (nSPS) is 20.3. The van der Waals surface area contributed by atoms with Crippen molar-refractivity contribution >= 4 is 37.4 Å². The fourth-order valence-corrected chi connectivity index (χ4v) is 7.32. The highest BCUT2D eigenvalue weighted by atomic mass is 79.9. The van der Waals surface area contributed by atoms with Gasteiger partial charge in [-0.1, -0.05) is 25.5 Å². The van der Waals surface area contributed by atoms with Crippen molar-refractivity contribution in [2.45, 2.75) is 63.9 Å². The average Bonchev–Trinajstić information content (AvgIpc) is 2.96. The number of ether oxygens (including phenoxy) is 3. The first-order valence-corrected chi connectivity index (χ1v) is 16.8. The van der Waals surface area contributed by atoms with Crippen LogP contribution in [0.4, 0.5) is 0 Å². The third-order valence-corrected chi connectivity index (χ3v) is 9.78. The molecule has 1 heterocycles. The Kier molecular flexibility index (Phi) is 11.2. The van der Waals surface area contributed by atoms with Crippen molar-refractivity contribution < 1.29 is 27.4 Å². The molecule has 0 fully saturated rings. The third-order valence-electron chi connectivity index (χ3n) is 7.72. The molecule has 11 heteroatoms. The van der Waals surface area contributed by atoms with E-state index in [-0.39, 0.29) is 36.4 Å². The predicted molar refractivity (Wildman–Crippen MR) is 168 cm³/mol. The number of aliphatic imine (C=N–C) groups is 1. The number of benzene rings is 2. The van der Waals surface area contributed by atoms with Crippen molar-refractivity contribution in [3.8, 4) is 17.6 Å². The highest BCUT2D eigenvalue weighted by Gasteiger charge is 2.41. The topological polar surface area (TPSA) is 127 Å². The molecule has 9 nitrogen and oxygen atoms in total. The highest BCUT2D eigenvalue weighted by molar-refractivity contribution is 9.10. The minimum Gasteiger partial charge on any atom is -0.490 e. The number of sulfonamides is 1. The summed E-state index contributed by atoms with van der Waals surface area (Å²) in [5.41, 5.74) is 3.71. The Hall–Kier alpha value is -3.04. The summed E-state index contributed by atoms with van der Waals surface area (Å²) in [5, 5.41) is 10.2. The van der Waals surface area contributed by atoms with Crippen LogP contribution in [0.15, 0.2) is 62.0 Å². The molecule has 4 rings (SSSR count). The number of nitrogens with zero attached hydrogens (tertiary/aromatic N) is 2. The van der Waals surface area contributed by atoms with E-state index in [0.717, 1.165) is 36.1 Å². The molecule has 0 aromatic heterocycles. The van der Waals surface area contributed by atoms with Gasteiger partial charge in [-0.2, -0.15) is 5.26 Å². The molecule has 0 bridgehead atoms. The average molecular weight is 673 g/mol. The predicted octanol–water partition coefficient (Wildman–Crippen LogP) is 6.08. The fourth-order valence-electron chi connectivity index (χ4n) is 5.73. The number of nitrogens with one attached hydrogen (secondary N) is 1. The molecule has 43 heavy (non-hydrogen) atoms. The number of nitriles is 1. The number of methoxy groups -OCH3 is 1. The monoisotopic (exact) mass is 671 g/mol. The van der Waals surface area contributed by atoms with E-state index >= 15 is 0 Å². The van der Waals surface area contributed by atoms with Gasteiger partial charge in [-0.3, -0.25) is 9.79 Å². The van der Waals surface area contributed by atoms with Crippen LogP contribution in [0.3, 0.4) is 0 Å². The summed E-state index contributed by atoms with van der Waals surface area (Å²) < 4.78 is 45.1. The van der Waals surface area contributed by atoms with E-state index in [2.05, 4.69) is 33.6 Å². The quantitative estimate of drug-likeness (QED) is 0.256. The van der Waals surface area contributed by atoms with Crippen molar-refractivity contribution in [1.82, 2.24) is 4.72 Å². The van der Waals surface area contributed by atoms with Crippen LogP contribution in [0.5, 0.6) is 11.5 Å². The van der Waals surface area contributed by atoms with Gasteiger partial charge in [0, 0.05) is 43.0 Å². The molecule has 1 N–H and O–H groups in total. The number of allylic oxidation sites excluding steroid dienone is 2. The smallest absolute Gasteiger partial charge is 0.240 e. The van der Waals surface area contributed by atoms with Crippen molar-refractivity contribution in [2.75, 3.05) is 26.9 Å². The molecule has 3 atom stereocenters. The summed E-state index contributed by atoms with van der Waals surface area (Å²) in [5.74, 6) is 0.274. The maximum atomic E-state index is 13.5. The molecule has 2 aromatic rings. The molecule has 1 aliphatic carbocycles. The van der Waals surface area contributed by atoms with E-state index in [4.69, 9.17) is 19.2 Å². The standard InChI is InChI=1S/C32H38BrN3O6S/c1-5-7-22-14-27-31(28(37)15-22)30(25(18-34)20(3)36-27)23-16-26(33)32(29(17-23)41-6-2)42-19-21-8-10-24(11-9-21)43(38,39)35-12-13-40-4/h8-11,16-17,22,25,30,35H,5-7,12-15,19H2,1-4H3. The minimum absolute atomic E-state index is 0.0648. The van der Waals surface area contributed by atoms with Gasteiger partial charge in [0.25, 0.3) is 0 Å². The molecule has 0 saturated heterocycles. The van der Waals surface area contributed by atoms with Gasteiger partial charge >= 0.3 is 0 Å².